The maximum atomic E-state index is 5.39. The van der Waals surface area contributed by atoms with E-state index in [1.54, 1.807) is 18.4 Å². The number of aromatic nitrogens is 1. The molecule has 3 aromatic rings. The molecule has 0 radical (unpaired) electrons. The summed E-state index contributed by atoms with van der Waals surface area (Å²) in [7, 11) is 1.68. The molecule has 2 heterocycles. The van der Waals surface area contributed by atoms with Gasteiger partial charge < -0.3 is 10.1 Å². The lowest BCUT2D eigenvalue weighted by atomic mass is 10.2. The van der Waals surface area contributed by atoms with E-state index in [-0.39, 0.29) is 0 Å². The molecule has 0 aliphatic rings. The third-order valence-electron chi connectivity index (χ3n) is 3.52. The van der Waals surface area contributed by atoms with Crippen LogP contribution in [0.2, 0.25) is 0 Å². The minimum Gasteiger partial charge on any atom is -0.494 e. The molecule has 0 amide bonds. The molecule has 1 aromatic carbocycles. The van der Waals surface area contributed by atoms with E-state index in [1.165, 1.54) is 4.88 Å². The van der Waals surface area contributed by atoms with Crippen molar-refractivity contribution >= 4 is 22.2 Å². The molecule has 0 saturated heterocycles. The maximum absolute atomic E-state index is 5.39. The van der Waals surface area contributed by atoms with Crippen molar-refractivity contribution in [3.63, 3.8) is 0 Å². The molecule has 21 heavy (non-hydrogen) atoms. The molecule has 0 spiro atoms. The number of fused-ring (bicyclic) bond motifs is 1. The Morgan fingerprint density at radius 2 is 2.10 bits per heavy atom. The second kappa shape index (κ2) is 6.24. The Kier molecular flexibility index (Phi) is 4.18. The van der Waals surface area contributed by atoms with E-state index in [4.69, 9.17) is 9.72 Å². The number of nitrogens with zero attached hydrogens (tertiary/aromatic N) is 1. The molecule has 4 heteroatoms. The van der Waals surface area contributed by atoms with Crippen LogP contribution in [0, 0.1) is 0 Å². The van der Waals surface area contributed by atoms with Crippen molar-refractivity contribution in [2.45, 2.75) is 19.5 Å². The lowest BCUT2D eigenvalue weighted by molar-refractivity contribution is 0.418. The first-order valence-electron chi connectivity index (χ1n) is 6.97. The minimum atomic E-state index is 0.333. The van der Waals surface area contributed by atoms with E-state index in [9.17, 15) is 0 Å². The van der Waals surface area contributed by atoms with Gasteiger partial charge in [0.2, 0.25) is 0 Å². The number of ether oxygens (including phenoxy) is 1. The van der Waals surface area contributed by atoms with Gasteiger partial charge in [-0.15, -0.1) is 11.3 Å². The van der Waals surface area contributed by atoms with Crippen LogP contribution < -0.4 is 10.1 Å². The summed E-state index contributed by atoms with van der Waals surface area (Å²) in [5, 5.41) is 6.72. The summed E-state index contributed by atoms with van der Waals surface area (Å²) in [4.78, 5) is 6.06. The van der Waals surface area contributed by atoms with Crippen LogP contribution in [0.4, 0.5) is 0 Å². The zero-order valence-electron chi connectivity index (χ0n) is 12.2. The fourth-order valence-corrected chi connectivity index (χ4v) is 3.08. The Morgan fingerprint density at radius 1 is 1.19 bits per heavy atom. The fraction of sp³-hybridized carbons (Fsp3) is 0.235. The Bertz CT molecular complexity index is 725. The average molecular weight is 298 g/mol. The van der Waals surface area contributed by atoms with Crippen LogP contribution in [0.5, 0.6) is 5.75 Å². The highest BCUT2D eigenvalue weighted by atomic mass is 32.1. The van der Waals surface area contributed by atoms with Crippen molar-refractivity contribution in [3.8, 4) is 5.75 Å². The van der Waals surface area contributed by atoms with Crippen molar-refractivity contribution in [2.24, 2.45) is 0 Å². The number of methoxy groups -OCH3 is 1. The summed E-state index contributed by atoms with van der Waals surface area (Å²) in [6, 6.07) is 14.7. The summed E-state index contributed by atoms with van der Waals surface area (Å²) in [5.41, 5.74) is 1.94. The molecule has 0 aliphatic carbocycles. The lowest BCUT2D eigenvalue weighted by Gasteiger charge is -2.12. The van der Waals surface area contributed by atoms with Gasteiger partial charge in [-0.1, -0.05) is 24.3 Å². The molecule has 108 valence electrons. The van der Waals surface area contributed by atoms with Crippen LogP contribution >= 0.6 is 11.3 Å². The normalized spacial score (nSPS) is 12.5. The van der Waals surface area contributed by atoms with Gasteiger partial charge in [-0.25, -0.2) is 4.98 Å². The number of pyridine rings is 1. The van der Waals surface area contributed by atoms with E-state index in [0.717, 1.165) is 28.9 Å². The zero-order valence-corrected chi connectivity index (χ0v) is 13.0. The van der Waals surface area contributed by atoms with Crippen molar-refractivity contribution in [3.05, 3.63) is 58.4 Å². The number of hydrogen-bond donors (Lipinski definition) is 1. The molecular formula is C17H18N2OS. The quantitative estimate of drug-likeness (QED) is 0.768. The SMILES string of the molecule is COc1cccc2ccc(CNC(C)c3cccs3)nc12. The van der Waals surface area contributed by atoms with Crippen molar-refractivity contribution < 1.29 is 4.74 Å². The second-order valence-corrected chi connectivity index (χ2v) is 5.93. The molecule has 0 fully saturated rings. The molecule has 2 aromatic heterocycles. The minimum absolute atomic E-state index is 0.333. The molecule has 1 unspecified atom stereocenters. The summed E-state index contributed by atoms with van der Waals surface area (Å²) in [6.45, 7) is 2.92. The first kappa shape index (κ1) is 14.0. The van der Waals surface area contributed by atoms with Crippen LogP contribution in [-0.4, -0.2) is 12.1 Å². The van der Waals surface area contributed by atoms with E-state index in [2.05, 4.69) is 48.0 Å². The van der Waals surface area contributed by atoms with E-state index < -0.39 is 0 Å². The Morgan fingerprint density at radius 3 is 2.86 bits per heavy atom. The topological polar surface area (TPSA) is 34.1 Å². The van der Waals surface area contributed by atoms with Crippen LogP contribution in [0.15, 0.2) is 47.8 Å². The number of benzene rings is 1. The summed E-state index contributed by atoms with van der Waals surface area (Å²) in [5.74, 6) is 0.820. The molecule has 0 bridgehead atoms. The van der Waals surface area contributed by atoms with Gasteiger partial charge in [0, 0.05) is 22.8 Å². The third kappa shape index (κ3) is 3.06. The van der Waals surface area contributed by atoms with E-state index in [1.807, 2.05) is 12.1 Å². The van der Waals surface area contributed by atoms with Crippen molar-refractivity contribution in [2.75, 3.05) is 7.11 Å². The highest BCUT2D eigenvalue weighted by molar-refractivity contribution is 7.10. The van der Waals surface area contributed by atoms with E-state index >= 15 is 0 Å². The molecule has 0 saturated carbocycles. The molecule has 3 nitrogen and oxygen atoms in total. The fourth-order valence-electron chi connectivity index (χ4n) is 2.32. The zero-order chi connectivity index (χ0) is 14.7. The van der Waals surface area contributed by atoms with Gasteiger partial charge in [-0.3, -0.25) is 0 Å². The van der Waals surface area contributed by atoms with Gasteiger partial charge in [-0.2, -0.15) is 0 Å². The standard InChI is InChI=1S/C17H18N2OS/c1-12(16-7-4-10-21-16)18-11-14-9-8-13-5-3-6-15(20-2)17(13)19-14/h3-10,12,18H,11H2,1-2H3. The number of thiophene rings is 1. The summed E-state index contributed by atoms with van der Waals surface area (Å²) in [6.07, 6.45) is 0. The first-order valence-corrected chi connectivity index (χ1v) is 7.85. The van der Waals surface area contributed by atoms with Gasteiger partial charge in [-0.05, 0) is 30.5 Å². The number of rotatable bonds is 5. The highest BCUT2D eigenvalue weighted by Gasteiger charge is 2.07. The van der Waals surface area contributed by atoms with Crippen molar-refractivity contribution in [1.29, 1.82) is 0 Å². The number of hydrogen-bond acceptors (Lipinski definition) is 4. The van der Waals surface area contributed by atoms with E-state index in [0.29, 0.717) is 6.04 Å². The second-order valence-electron chi connectivity index (χ2n) is 4.95. The number of nitrogens with one attached hydrogen (secondary N) is 1. The van der Waals surface area contributed by atoms with Crippen molar-refractivity contribution in [1.82, 2.24) is 10.3 Å². The van der Waals surface area contributed by atoms with Gasteiger partial charge in [0.05, 0.1) is 12.8 Å². The van der Waals surface area contributed by atoms with Crippen LogP contribution in [-0.2, 0) is 6.54 Å². The molecular weight excluding hydrogens is 280 g/mol. The Hall–Kier alpha value is -1.91. The molecule has 1 atom stereocenters. The molecule has 1 N–H and O–H groups in total. The monoisotopic (exact) mass is 298 g/mol. The lowest BCUT2D eigenvalue weighted by Crippen LogP contribution is -2.17. The largest absolute Gasteiger partial charge is 0.494 e. The van der Waals surface area contributed by atoms with Gasteiger partial charge in [0.25, 0.3) is 0 Å². The Balaban J connectivity index is 1.78. The maximum Gasteiger partial charge on any atom is 0.145 e. The van der Waals surface area contributed by atoms with Gasteiger partial charge in [0.1, 0.15) is 11.3 Å². The number of para-hydroxylation sites is 1. The highest BCUT2D eigenvalue weighted by Crippen LogP contribution is 2.24. The average Bonchev–Trinajstić information content (AvgIpc) is 3.06. The predicted octanol–water partition coefficient (Wildman–Crippen LogP) is 4.16. The van der Waals surface area contributed by atoms with Gasteiger partial charge in [0.15, 0.2) is 0 Å². The predicted molar refractivity (Wildman–Crippen MR) is 87.9 cm³/mol. The Labute approximate surface area is 128 Å². The molecule has 3 rings (SSSR count). The van der Waals surface area contributed by atoms with Crippen LogP contribution in [0.1, 0.15) is 23.5 Å². The first-order chi connectivity index (χ1) is 10.3. The third-order valence-corrected chi connectivity index (χ3v) is 4.58. The van der Waals surface area contributed by atoms with Crippen LogP contribution in [0.25, 0.3) is 10.9 Å². The molecule has 0 aliphatic heterocycles. The van der Waals surface area contributed by atoms with Crippen LogP contribution in [0.3, 0.4) is 0 Å². The summed E-state index contributed by atoms with van der Waals surface area (Å²) < 4.78 is 5.39. The smallest absolute Gasteiger partial charge is 0.145 e. The summed E-state index contributed by atoms with van der Waals surface area (Å²) >= 11 is 1.77. The van der Waals surface area contributed by atoms with Gasteiger partial charge >= 0.3 is 0 Å².